The maximum absolute atomic E-state index is 13.6. The topological polar surface area (TPSA) is 47.0 Å². The molecule has 3 nitrogen and oxygen atoms in total. The van der Waals surface area contributed by atoms with Gasteiger partial charge in [0.25, 0.3) is 0 Å². The molecule has 0 aliphatic heterocycles. The first-order valence-electron chi connectivity index (χ1n) is 8.18. The van der Waals surface area contributed by atoms with Gasteiger partial charge in [-0.05, 0) is 47.6 Å². The van der Waals surface area contributed by atoms with Gasteiger partial charge in [0.2, 0.25) is 0 Å². The summed E-state index contributed by atoms with van der Waals surface area (Å²) in [6.45, 7) is 0. The molecule has 30 heavy (non-hydrogen) atoms. The van der Waals surface area contributed by atoms with Crippen LogP contribution >= 0.6 is 0 Å². The third-order valence-corrected chi connectivity index (χ3v) is 5.67. The largest absolute Gasteiger partial charge is 0.410 e. The minimum atomic E-state index is -5.72. The first-order valence-corrected chi connectivity index (χ1v) is 10.1. The van der Waals surface area contributed by atoms with Gasteiger partial charge in [0.05, 0.1) is 10.6 Å². The number of allylic oxidation sites excluding steroid dienone is 4. The zero-order chi connectivity index (χ0) is 22.5. The van der Waals surface area contributed by atoms with Gasteiger partial charge >= 0.3 is 12.4 Å². The van der Waals surface area contributed by atoms with Crippen molar-refractivity contribution in [3.05, 3.63) is 71.8 Å². The predicted molar refractivity (Wildman–Crippen MR) is 94.2 cm³/mol. The number of hydrogen-bond acceptors (Lipinski definition) is 3. The number of pyridine rings is 1. The van der Waals surface area contributed by atoms with Gasteiger partial charge in [-0.1, -0.05) is 12.1 Å². The number of nitrogens with zero attached hydrogens (tertiary/aromatic N) is 1. The molecule has 0 bridgehead atoms. The van der Waals surface area contributed by atoms with Gasteiger partial charge in [-0.25, -0.2) is 12.8 Å². The van der Waals surface area contributed by atoms with Crippen molar-refractivity contribution >= 4 is 21.0 Å². The summed E-state index contributed by atoms with van der Waals surface area (Å²) in [7, 11) is -3.68. The predicted octanol–water partition coefficient (Wildman–Crippen LogP) is 5.22. The van der Waals surface area contributed by atoms with Crippen LogP contribution in [0.15, 0.2) is 59.6 Å². The van der Waals surface area contributed by atoms with Crippen molar-refractivity contribution in [2.45, 2.75) is 17.2 Å². The van der Waals surface area contributed by atoms with Crippen LogP contribution in [-0.4, -0.2) is 32.0 Å². The first kappa shape index (κ1) is 22.0. The first-order chi connectivity index (χ1) is 13.7. The summed E-state index contributed by atoms with van der Waals surface area (Å²) in [6, 6.07) is 5.93. The third-order valence-electron chi connectivity index (χ3n) is 4.57. The van der Waals surface area contributed by atoms with Crippen LogP contribution in [-0.2, 0) is 9.84 Å². The summed E-state index contributed by atoms with van der Waals surface area (Å²) < 4.78 is 118. The van der Waals surface area contributed by atoms with Crippen LogP contribution < -0.4 is 0 Å². The molecule has 0 atom stereocenters. The molecule has 1 aromatic heterocycles. The van der Waals surface area contributed by atoms with E-state index in [1.54, 1.807) is 0 Å². The lowest BCUT2D eigenvalue weighted by Gasteiger charge is -2.30. The zero-order valence-corrected chi connectivity index (χ0v) is 15.8. The maximum Gasteiger partial charge on any atom is 0.410 e. The van der Waals surface area contributed by atoms with Gasteiger partial charge in [-0.15, -0.1) is 0 Å². The van der Waals surface area contributed by atoms with Crippen molar-refractivity contribution < 1.29 is 39.2 Å². The van der Waals surface area contributed by atoms with Crippen LogP contribution in [0.4, 0.5) is 30.7 Å². The van der Waals surface area contributed by atoms with E-state index in [0.29, 0.717) is 0 Å². The molecule has 0 fully saturated rings. The van der Waals surface area contributed by atoms with E-state index in [-0.39, 0.29) is 28.3 Å². The molecule has 1 aromatic carbocycles. The quantitative estimate of drug-likeness (QED) is 0.602. The minimum Gasteiger partial charge on any atom is -0.255 e. The van der Waals surface area contributed by atoms with E-state index in [2.05, 4.69) is 4.98 Å². The van der Waals surface area contributed by atoms with Gasteiger partial charge in [0, 0.05) is 18.0 Å². The molecule has 0 saturated carbocycles. The fourth-order valence-corrected chi connectivity index (χ4v) is 3.54. The molecule has 1 aliphatic rings. The lowest BCUT2D eigenvalue weighted by molar-refractivity contribution is -0.301. The Hall–Kier alpha value is -2.69. The van der Waals surface area contributed by atoms with E-state index >= 15 is 0 Å². The molecule has 0 radical (unpaired) electrons. The van der Waals surface area contributed by atoms with E-state index < -0.39 is 44.6 Å². The molecular formula is C19H12F7NO2S. The molecule has 0 unspecified atom stereocenters. The minimum absolute atomic E-state index is 0.00808. The van der Waals surface area contributed by atoms with Gasteiger partial charge in [-0.2, -0.15) is 26.3 Å². The highest BCUT2D eigenvalue weighted by Gasteiger charge is 2.70. The van der Waals surface area contributed by atoms with Gasteiger partial charge in [0.1, 0.15) is 5.82 Å². The van der Waals surface area contributed by atoms with Gasteiger partial charge < -0.3 is 0 Å². The van der Waals surface area contributed by atoms with Gasteiger partial charge in [0.15, 0.2) is 15.3 Å². The molecule has 0 amide bonds. The van der Waals surface area contributed by atoms with Crippen LogP contribution in [0.25, 0.3) is 11.1 Å². The maximum atomic E-state index is 13.6. The molecule has 1 heterocycles. The Morgan fingerprint density at radius 3 is 1.80 bits per heavy atom. The zero-order valence-electron chi connectivity index (χ0n) is 15.0. The van der Waals surface area contributed by atoms with Crippen molar-refractivity contribution in [1.29, 1.82) is 0 Å². The van der Waals surface area contributed by atoms with Crippen molar-refractivity contribution in [2.24, 2.45) is 5.41 Å². The lowest BCUT2D eigenvalue weighted by Crippen LogP contribution is -2.46. The normalized spacial score (nSPS) is 16.9. The highest BCUT2D eigenvalue weighted by atomic mass is 32.2. The monoisotopic (exact) mass is 451 g/mol. The number of sulfone groups is 1. The molecule has 0 saturated heterocycles. The standard InChI is InChI=1S/C19H12F7NO2S/c1-30(28,29)13-6-7-16(27-10-13)15-9-17(18(21,22)23,19(24,25)26)8-14(15)11-2-4-12(20)5-3-11/h2-10H,1H3. The van der Waals surface area contributed by atoms with Crippen molar-refractivity contribution in [2.75, 3.05) is 6.26 Å². The summed E-state index contributed by atoms with van der Waals surface area (Å²) >= 11 is 0. The average Bonchev–Trinajstić information content (AvgIpc) is 3.04. The second-order valence-corrected chi connectivity index (χ2v) is 8.65. The molecule has 1 aliphatic carbocycles. The number of alkyl halides is 6. The van der Waals surface area contributed by atoms with Gasteiger partial charge in [-0.3, -0.25) is 4.98 Å². The molecular weight excluding hydrogens is 439 g/mol. The Morgan fingerprint density at radius 1 is 0.833 bits per heavy atom. The van der Waals surface area contributed by atoms with Crippen LogP contribution in [0.5, 0.6) is 0 Å². The summed E-state index contributed by atoms with van der Waals surface area (Å²) in [5, 5.41) is 0. The van der Waals surface area contributed by atoms with Crippen LogP contribution in [0.1, 0.15) is 11.3 Å². The number of aromatic nitrogens is 1. The Kier molecular flexibility index (Phi) is 5.08. The van der Waals surface area contributed by atoms with Crippen molar-refractivity contribution in [1.82, 2.24) is 4.98 Å². The van der Waals surface area contributed by atoms with E-state index in [9.17, 15) is 39.2 Å². The molecule has 0 spiro atoms. The molecule has 3 rings (SSSR count). The second kappa shape index (κ2) is 6.93. The Morgan fingerprint density at radius 2 is 1.37 bits per heavy atom. The number of halogens is 7. The van der Waals surface area contributed by atoms with Crippen molar-refractivity contribution in [3.8, 4) is 0 Å². The molecule has 0 N–H and O–H groups in total. The lowest BCUT2D eigenvalue weighted by atomic mass is 9.87. The second-order valence-electron chi connectivity index (χ2n) is 6.64. The Labute approximate surface area is 166 Å². The number of hydrogen-bond donors (Lipinski definition) is 0. The summed E-state index contributed by atoms with van der Waals surface area (Å²) in [4.78, 5) is 3.50. The summed E-state index contributed by atoms with van der Waals surface area (Å²) in [6.07, 6.45) is -9.68. The smallest absolute Gasteiger partial charge is 0.255 e. The molecule has 11 heteroatoms. The summed E-state index contributed by atoms with van der Waals surface area (Å²) in [5.41, 5.74) is -5.63. The van der Waals surface area contributed by atoms with E-state index in [1.807, 2.05) is 0 Å². The third kappa shape index (κ3) is 3.73. The van der Waals surface area contributed by atoms with E-state index in [0.717, 1.165) is 48.9 Å². The molecule has 2 aromatic rings. The highest BCUT2D eigenvalue weighted by Crippen LogP contribution is 2.59. The highest BCUT2D eigenvalue weighted by molar-refractivity contribution is 7.90. The Bertz CT molecular complexity index is 1110. The van der Waals surface area contributed by atoms with Crippen LogP contribution in [0.2, 0.25) is 0 Å². The average molecular weight is 451 g/mol. The molecule has 160 valence electrons. The number of rotatable bonds is 3. The summed E-state index contributed by atoms with van der Waals surface area (Å²) in [5.74, 6) is -0.726. The van der Waals surface area contributed by atoms with Crippen molar-refractivity contribution in [3.63, 3.8) is 0 Å². The van der Waals surface area contributed by atoms with E-state index in [1.165, 1.54) is 0 Å². The fourth-order valence-electron chi connectivity index (χ4n) is 2.98. The van der Waals surface area contributed by atoms with Crippen LogP contribution in [0.3, 0.4) is 0 Å². The Balaban J connectivity index is 2.26. The SMILES string of the molecule is CS(=O)(=O)c1ccc(C2=CC(C(F)(F)F)(C(F)(F)F)C=C2c2ccc(F)cc2)nc1. The fraction of sp³-hybridized carbons (Fsp3) is 0.211. The van der Waals surface area contributed by atoms with E-state index in [4.69, 9.17) is 0 Å². The number of benzene rings is 1. The van der Waals surface area contributed by atoms with Crippen LogP contribution in [0, 0.1) is 11.2 Å².